The molecule has 1 N–H and O–H groups in total. The Labute approximate surface area is 92.8 Å². The van der Waals surface area contributed by atoms with Crippen LogP contribution < -0.4 is 5.32 Å². The van der Waals surface area contributed by atoms with Gasteiger partial charge in [0, 0.05) is 13.0 Å². The molecule has 0 aliphatic rings. The number of hydrogen-bond donors (Lipinski definition) is 1. The van der Waals surface area contributed by atoms with Gasteiger partial charge in [0.15, 0.2) is 5.82 Å². The lowest BCUT2D eigenvalue weighted by atomic mass is 10.2. The predicted octanol–water partition coefficient (Wildman–Crippen LogP) is 0.934. The Hall–Kier alpha value is -1.92. The summed E-state index contributed by atoms with van der Waals surface area (Å²) >= 11 is 0. The Bertz CT molecular complexity index is 460. The standard InChI is InChI=1S/C9H14N6O/c1-6(2)8-12-9(16-13-8)10-4-7-5-11-14-15(7)3/h5-6H,4H2,1-3H3,(H,10,12,13). The summed E-state index contributed by atoms with van der Waals surface area (Å²) in [5, 5.41) is 14.5. The highest BCUT2D eigenvalue weighted by Crippen LogP contribution is 2.12. The minimum atomic E-state index is 0.262. The maximum Gasteiger partial charge on any atom is 0.321 e. The zero-order valence-electron chi connectivity index (χ0n) is 9.51. The van der Waals surface area contributed by atoms with E-state index in [9.17, 15) is 0 Å². The van der Waals surface area contributed by atoms with E-state index in [1.165, 1.54) is 0 Å². The SMILES string of the molecule is CC(C)c1noc(NCc2cnnn2C)n1. The number of aryl methyl sites for hydroxylation is 1. The van der Waals surface area contributed by atoms with Crippen molar-refractivity contribution in [1.29, 1.82) is 0 Å². The van der Waals surface area contributed by atoms with Crippen LogP contribution in [-0.4, -0.2) is 25.1 Å². The van der Waals surface area contributed by atoms with Crippen LogP contribution in [0.5, 0.6) is 0 Å². The summed E-state index contributed by atoms with van der Waals surface area (Å²) in [4.78, 5) is 4.20. The molecule has 0 saturated carbocycles. The summed E-state index contributed by atoms with van der Waals surface area (Å²) in [6.45, 7) is 4.59. The molecule has 7 nitrogen and oxygen atoms in total. The molecule has 2 aromatic rings. The second-order valence-electron chi connectivity index (χ2n) is 3.81. The van der Waals surface area contributed by atoms with Gasteiger partial charge in [-0.05, 0) is 0 Å². The minimum Gasteiger partial charge on any atom is -0.332 e. The maximum atomic E-state index is 5.04. The molecule has 2 aromatic heterocycles. The van der Waals surface area contributed by atoms with Crippen LogP contribution in [0.1, 0.15) is 31.3 Å². The van der Waals surface area contributed by atoms with E-state index >= 15 is 0 Å². The Kier molecular flexibility index (Phi) is 2.84. The first kappa shape index (κ1) is 10.6. The predicted molar refractivity (Wildman–Crippen MR) is 56.7 cm³/mol. The second kappa shape index (κ2) is 4.30. The molecule has 0 unspecified atom stereocenters. The van der Waals surface area contributed by atoms with Gasteiger partial charge < -0.3 is 9.84 Å². The molecule has 0 aliphatic carbocycles. The van der Waals surface area contributed by atoms with E-state index in [1.807, 2.05) is 20.9 Å². The zero-order chi connectivity index (χ0) is 11.5. The van der Waals surface area contributed by atoms with Crippen molar-refractivity contribution >= 4 is 6.01 Å². The lowest BCUT2D eigenvalue weighted by molar-refractivity contribution is 0.418. The zero-order valence-corrected chi connectivity index (χ0v) is 9.51. The van der Waals surface area contributed by atoms with E-state index in [0.29, 0.717) is 18.4 Å². The number of hydrogen-bond acceptors (Lipinski definition) is 6. The van der Waals surface area contributed by atoms with Gasteiger partial charge in [0.2, 0.25) is 0 Å². The summed E-state index contributed by atoms with van der Waals surface area (Å²) in [5.41, 5.74) is 0.948. The monoisotopic (exact) mass is 222 g/mol. The molecule has 0 radical (unpaired) electrons. The highest BCUT2D eigenvalue weighted by atomic mass is 16.5. The lowest BCUT2D eigenvalue weighted by Crippen LogP contribution is -2.05. The van der Waals surface area contributed by atoms with Crippen LogP contribution in [0.25, 0.3) is 0 Å². The second-order valence-corrected chi connectivity index (χ2v) is 3.81. The highest BCUT2D eigenvalue weighted by Gasteiger charge is 2.09. The van der Waals surface area contributed by atoms with Crippen molar-refractivity contribution in [2.75, 3.05) is 5.32 Å². The van der Waals surface area contributed by atoms with Crippen molar-refractivity contribution in [3.63, 3.8) is 0 Å². The van der Waals surface area contributed by atoms with Gasteiger partial charge in [-0.3, -0.25) is 4.68 Å². The quantitative estimate of drug-likeness (QED) is 0.828. The molecule has 0 atom stereocenters. The third-order valence-electron chi connectivity index (χ3n) is 2.19. The minimum absolute atomic E-state index is 0.262. The fraction of sp³-hybridized carbons (Fsp3) is 0.556. The van der Waals surface area contributed by atoms with E-state index in [0.717, 1.165) is 5.69 Å². The van der Waals surface area contributed by atoms with Crippen LogP contribution in [-0.2, 0) is 13.6 Å². The van der Waals surface area contributed by atoms with Crippen LogP contribution in [0.15, 0.2) is 10.7 Å². The number of nitrogens with one attached hydrogen (secondary N) is 1. The van der Waals surface area contributed by atoms with Gasteiger partial charge in [0.25, 0.3) is 0 Å². The van der Waals surface area contributed by atoms with Gasteiger partial charge in [-0.25, -0.2) is 0 Å². The number of anilines is 1. The molecule has 0 amide bonds. The topological polar surface area (TPSA) is 81.7 Å². The Morgan fingerprint density at radius 2 is 2.31 bits per heavy atom. The summed E-state index contributed by atoms with van der Waals surface area (Å²) < 4.78 is 6.73. The van der Waals surface area contributed by atoms with Crippen molar-refractivity contribution in [3.8, 4) is 0 Å². The fourth-order valence-corrected chi connectivity index (χ4v) is 1.18. The number of aromatic nitrogens is 5. The van der Waals surface area contributed by atoms with Gasteiger partial charge in [-0.15, -0.1) is 5.10 Å². The molecule has 0 aromatic carbocycles. The molecule has 2 heterocycles. The van der Waals surface area contributed by atoms with Crippen molar-refractivity contribution in [2.24, 2.45) is 7.05 Å². The average Bonchev–Trinajstić information content (AvgIpc) is 2.83. The Morgan fingerprint density at radius 3 is 2.88 bits per heavy atom. The smallest absolute Gasteiger partial charge is 0.321 e. The molecular formula is C9H14N6O. The van der Waals surface area contributed by atoms with Gasteiger partial charge in [0.1, 0.15) is 0 Å². The van der Waals surface area contributed by atoms with E-state index in [1.54, 1.807) is 10.9 Å². The van der Waals surface area contributed by atoms with Crippen molar-refractivity contribution in [2.45, 2.75) is 26.3 Å². The van der Waals surface area contributed by atoms with E-state index in [4.69, 9.17) is 4.52 Å². The summed E-state index contributed by atoms with van der Waals surface area (Å²) in [6.07, 6.45) is 1.69. The van der Waals surface area contributed by atoms with Crippen LogP contribution in [0, 0.1) is 0 Å². The molecule has 0 aliphatic heterocycles. The van der Waals surface area contributed by atoms with Gasteiger partial charge in [-0.1, -0.05) is 24.2 Å². The third kappa shape index (κ3) is 2.18. The van der Waals surface area contributed by atoms with E-state index < -0.39 is 0 Å². The molecule has 0 fully saturated rings. The number of nitrogens with zero attached hydrogens (tertiary/aromatic N) is 5. The molecule has 0 spiro atoms. The van der Waals surface area contributed by atoms with Gasteiger partial charge in [0.05, 0.1) is 18.4 Å². The number of rotatable bonds is 4. The third-order valence-corrected chi connectivity index (χ3v) is 2.19. The summed E-state index contributed by atoms with van der Waals surface area (Å²) in [6, 6.07) is 0.421. The molecule has 2 rings (SSSR count). The lowest BCUT2D eigenvalue weighted by Gasteiger charge is -1.99. The van der Waals surface area contributed by atoms with Crippen molar-refractivity contribution < 1.29 is 4.52 Å². The molecule has 16 heavy (non-hydrogen) atoms. The Morgan fingerprint density at radius 1 is 1.50 bits per heavy atom. The van der Waals surface area contributed by atoms with Crippen LogP contribution >= 0.6 is 0 Å². The molecular weight excluding hydrogens is 208 g/mol. The first-order valence-electron chi connectivity index (χ1n) is 5.08. The van der Waals surface area contributed by atoms with Crippen LogP contribution in [0.4, 0.5) is 6.01 Å². The Balaban J connectivity index is 1.97. The van der Waals surface area contributed by atoms with E-state index in [-0.39, 0.29) is 5.92 Å². The molecule has 86 valence electrons. The first-order valence-corrected chi connectivity index (χ1v) is 5.08. The largest absolute Gasteiger partial charge is 0.332 e. The van der Waals surface area contributed by atoms with Crippen molar-refractivity contribution in [3.05, 3.63) is 17.7 Å². The van der Waals surface area contributed by atoms with Gasteiger partial charge >= 0.3 is 6.01 Å². The summed E-state index contributed by atoms with van der Waals surface area (Å²) in [5.74, 6) is 0.961. The molecule has 0 saturated heterocycles. The molecule has 0 bridgehead atoms. The first-order chi connectivity index (χ1) is 7.66. The van der Waals surface area contributed by atoms with Crippen LogP contribution in [0.3, 0.4) is 0 Å². The highest BCUT2D eigenvalue weighted by molar-refractivity contribution is 5.20. The normalized spacial score (nSPS) is 11.0. The van der Waals surface area contributed by atoms with Crippen LogP contribution in [0.2, 0.25) is 0 Å². The fourth-order valence-electron chi connectivity index (χ4n) is 1.18. The maximum absolute atomic E-state index is 5.04. The van der Waals surface area contributed by atoms with E-state index in [2.05, 4.69) is 25.8 Å². The summed E-state index contributed by atoms with van der Waals surface area (Å²) in [7, 11) is 1.83. The van der Waals surface area contributed by atoms with Crippen molar-refractivity contribution in [1.82, 2.24) is 25.1 Å². The molecule has 7 heteroatoms. The average molecular weight is 222 g/mol. The van der Waals surface area contributed by atoms with Gasteiger partial charge in [-0.2, -0.15) is 4.98 Å².